The first-order chi connectivity index (χ1) is 11.6. The van der Waals surface area contributed by atoms with E-state index in [2.05, 4.69) is 141 Å². The van der Waals surface area contributed by atoms with Crippen LogP contribution in [-0.2, 0) is 0 Å². The normalized spacial score (nSPS) is 22.4. The third-order valence-electron chi connectivity index (χ3n) is 4.78. The Morgan fingerprint density at radius 2 is 0.583 bits per heavy atom. The van der Waals surface area contributed by atoms with Crippen molar-refractivity contribution in [2.45, 2.75) is 17.8 Å². The zero-order valence-electron chi connectivity index (χ0n) is 12.8. The molecule has 1 aliphatic carbocycles. The second-order valence-electron chi connectivity index (χ2n) is 6.23. The molecular formula is C21H15I3. The quantitative estimate of drug-likeness (QED) is 0.265. The van der Waals surface area contributed by atoms with Crippen LogP contribution >= 0.6 is 67.8 Å². The summed E-state index contributed by atoms with van der Waals surface area (Å²) in [6.45, 7) is 0. The van der Waals surface area contributed by atoms with E-state index in [4.69, 9.17) is 0 Å². The van der Waals surface area contributed by atoms with Crippen molar-refractivity contribution in [3.63, 3.8) is 0 Å². The number of benzene rings is 3. The van der Waals surface area contributed by atoms with Crippen molar-refractivity contribution in [2.75, 3.05) is 0 Å². The van der Waals surface area contributed by atoms with Gasteiger partial charge in [0.15, 0.2) is 0 Å². The highest BCUT2D eigenvalue weighted by molar-refractivity contribution is 14.1. The summed E-state index contributed by atoms with van der Waals surface area (Å²) in [5.41, 5.74) is 4.38. The molecule has 1 fully saturated rings. The summed E-state index contributed by atoms with van der Waals surface area (Å²) in [7, 11) is 0. The molecule has 0 spiro atoms. The van der Waals surface area contributed by atoms with Crippen LogP contribution in [0.4, 0.5) is 0 Å². The van der Waals surface area contributed by atoms with Crippen molar-refractivity contribution in [2.24, 2.45) is 0 Å². The van der Waals surface area contributed by atoms with Crippen molar-refractivity contribution < 1.29 is 0 Å². The van der Waals surface area contributed by atoms with E-state index in [9.17, 15) is 0 Å². The molecule has 0 bridgehead atoms. The van der Waals surface area contributed by atoms with Crippen molar-refractivity contribution in [1.82, 2.24) is 0 Å². The fourth-order valence-electron chi connectivity index (χ4n) is 3.61. The number of hydrogen-bond donors (Lipinski definition) is 0. The average Bonchev–Trinajstić information content (AvgIpc) is 3.32. The molecule has 120 valence electrons. The Kier molecular flexibility index (Phi) is 5.20. The summed E-state index contributed by atoms with van der Waals surface area (Å²) < 4.78 is 3.90. The maximum Gasteiger partial charge on any atom is 0.0130 e. The van der Waals surface area contributed by atoms with Crippen molar-refractivity contribution >= 4 is 67.8 Å². The van der Waals surface area contributed by atoms with E-state index in [0.29, 0.717) is 17.8 Å². The number of rotatable bonds is 3. The Hall–Kier alpha value is -0.150. The minimum absolute atomic E-state index is 0.585. The van der Waals surface area contributed by atoms with E-state index >= 15 is 0 Å². The molecule has 0 amide bonds. The van der Waals surface area contributed by atoms with E-state index in [1.807, 2.05) is 0 Å². The molecule has 1 saturated carbocycles. The highest BCUT2D eigenvalue weighted by Crippen LogP contribution is 2.66. The molecule has 1 aliphatic rings. The summed E-state index contributed by atoms with van der Waals surface area (Å²) in [4.78, 5) is 0. The summed E-state index contributed by atoms with van der Waals surface area (Å²) in [6.07, 6.45) is 0. The smallest absolute Gasteiger partial charge is 0.0130 e. The molecule has 3 heteroatoms. The third-order valence-corrected chi connectivity index (χ3v) is 6.94. The molecule has 0 nitrogen and oxygen atoms in total. The highest BCUT2D eigenvalue weighted by atomic mass is 127. The van der Waals surface area contributed by atoms with Gasteiger partial charge in [0, 0.05) is 10.7 Å². The summed E-state index contributed by atoms with van der Waals surface area (Å²) in [5, 5.41) is 0. The fourth-order valence-corrected chi connectivity index (χ4v) is 4.69. The van der Waals surface area contributed by atoms with Crippen LogP contribution in [0, 0.1) is 10.7 Å². The van der Waals surface area contributed by atoms with Crippen LogP contribution in [0.1, 0.15) is 34.4 Å². The van der Waals surface area contributed by atoms with E-state index in [1.165, 1.54) is 27.4 Å². The standard InChI is InChI=1S/C21H15I3/c22-16-7-1-13(2-8-16)19-20(14-3-9-17(23)10-4-14)21(19)15-5-11-18(24)12-6-15/h1-12,19-21H. The SMILES string of the molecule is Ic1ccc(C2C(c3ccc(I)cc3)C2c2ccc(I)cc2)cc1. The molecule has 0 N–H and O–H groups in total. The Balaban J connectivity index is 1.72. The lowest BCUT2D eigenvalue weighted by Gasteiger charge is -2.02. The lowest BCUT2D eigenvalue weighted by atomic mass is 10.0. The van der Waals surface area contributed by atoms with Crippen LogP contribution in [0.15, 0.2) is 72.8 Å². The molecule has 0 unspecified atom stereocenters. The Bertz CT molecular complexity index is 712. The Labute approximate surface area is 183 Å². The van der Waals surface area contributed by atoms with E-state index in [-0.39, 0.29) is 0 Å². The topological polar surface area (TPSA) is 0 Å². The highest BCUT2D eigenvalue weighted by Gasteiger charge is 2.52. The minimum atomic E-state index is 0.585. The van der Waals surface area contributed by atoms with Crippen LogP contribution < -0.4 is 0 Å². The predicted molar refractivity (Wildman–Crippen MR) is 126 cm³/mol. The van der Waals surface area contributed by atoms with Gasteiger partial charge in [-0.2, -0.15) is 0 Å². The molecule has 3 aromatic rings. The number of hydrogen-bond acceptors (Lipinski definition) is 0. The van der Waals surface area contributed by atoms with Crippen LogP contribution in [0.5, 0.6) is 0 Å². The first-order valence-corrected chi connectivity index (χ1v) is 11.1. The molecule has 0 radical (unpaired) electrons. The maximum atomic E-state index is 2.38. The van der Waals surface area contributed by atoms with Crippen molar-refractivity contribution in [3.8, 4) is 0 Å². The second-order valence-corrected chi connectivity index (χ2v) is 9.97. The molecule has 24 heavy (non-hydrogen) atoms. The van der Waals surface area contributed by atoms with Crippen LogP contribution in [0.25, 0.3) is 0 Å². The van der Waals surface area contributed by atoms with Gasteiger partial charge in [0.25, 0.3) is 0 Å². The van der Waals surface area contributed by atoms with Gasteiger partial charge in [-0.05, 0) is 139 Å². The zero-order chi connectivity index (χ0) is 16.7. The van der Waals surface area contributed by atoms with Crippen LogP contribution in [0.2, 0.25) is 0 Å². The second kappa shape index (κ2) is 7.23. The van der Waals surface area contributed by atoms with E-state index in [0.717, 1.165) is 0 Å². The maximum absolute atomic E-state index is 2.38. The summed E-state index contributed by atoms with van der Waals surface area (Å²) in [6, 6.07) is 27.2. The van der Waals surface area contributed by atoms with Gasteiger partial charge in [-0.15, -0.1) is 0 Å². The Morgan fingerprint density at radius 1 is 0.375 bits per heavy atom. The largest absolute Gasteiger partial charge is 0.0577 e. The van der Waals surface area contributed by atoms with Gasteiger partial charge < -0.3 is 0 Å². The summed E-state index contributed by atoms with van der Waals surface area (Å²) >= 11 is 7.14. The van der Waals surface area contributed by atoms with Crippen LogP contribution in [0.3, 0.4) is 0 Å². The van der Waals surface area contributed by atoms with Gasteiger partial charge >= 0.3 is 0 Å². The van der Waals surface area contributed by atoms with E-state index in [1.54, 1.807) is 0 Å². The van der Waals surface area contributed by atoms with Crippen molar-refractivity contribution in [3.05, 3.63) is 100 Å². The molecule has 4 rings (SSSR count). The summed E-state index contributed by atoms with van der Waals surface area (Å²) in [5.74, 6) is 1.76. The number of halogens is 3. The monoisotopic (exact) mass is 648 g/mol. The molecular weight excluding hydrogens is 633 g/mol. The van der Waals surface area contributed by atoms with Crippen LogP contribution in [-0.4, -0.2) is 0 Å². The lowest BCUT2D eigenvalue weighted by molar-refractivity contribution is 1.02. The predicted octanol–water partition coefficient (Wildman–Crippen LogP) is 7.17. The van der Waals surface area contributed by atoms with Gasteiger partial charge in [0.2, 0.25) is 0 Å². The van der Waals surface area contributed by atoms with Gasteiger partial charge in [-0.1, -0.05) is 36.4 Å². The van der Waals surface area contributed by atoms with E-state index < -0.39 is 0 Å². The van der Waals surface area contributed by atoms with Gasteiger partial charge in [-0.3, -0.25) is 0 Å². The van der Waals surface area contributed by atoms with Gasteiger partial charge in [0.1, 0.15) is 0 Å². The molecule has 0 saturated heterocycles. The first-order valence-electron chi connectivity index (χ1n) is 7.90. The zero-order valence-corrected chi connectivity index (χ0v) is 19.3. The molecule has 0 heterocycles. The molecule has 0 aromatic heterocycles. The average molecular weight is 648 g/mol. The Morgan fingerprint density at radius 3 is 0.792 bits per heavy atom. The molecule has 3 aromatic carbocycles. The molecule has 0 aliphatic heterocycles. The third kappa shape index (κ3) is 3.53. The lowest BCUT2D eigenvalue weighted by Crippen LogP contribution is -1.85. The van der Waals surface area contributed by atoms with Crippen molar-refractivity contribution in [1.29, 1.82) is 0 Å². The fraction of sp³-hybridized carbons (Fsp3) is 0.143. The minimum Gasteiger partial charge on any atom is -0.0577 e. The van der Waals surface area contributed by atoms with Gasteiger partial charge in [0.05, 0.1) is 0 Å². The molecule has 0 atom stereocenters. The van der Waals surface area contributed by atoms with Gasteiger partial charge in [-0.25, -0.2) is 0 Å². The first kappa shape index (κ1) is 17.3.